The zero-order chi connectivity index (χ0) is 25.6. The van der Waals surface area contributed by atoms with E-state index in [0.717, 1.165) is 0 Å². The first-order valence-corrected chi connectivity index (χ1v) is 11.5. The molecule has 1 N–H and O–H groups in total. The highest BCUT2D eigenvalue weighted by Crippen LogP contribution is 2.47. The highest BCUT2D eigenvalue weighted by molar-refractivity contribution is 5.86. The Hall–Kier alpha value is -4.63. The first-order chi connectivity index (χ1) is 18.0. The van der Waals surface area contributed by atoms with Crippen LogP contribution in [0, 0.1) is 17.1 Å². The van der Waals surface area contributed by atoms with Crippen LogP contribution in [0.4, 0.5) is 20.3 Å². The number of nitriles is 1. The fraction of sp³-hybridized carbons (Fsp3) is 0.240. The SMILES string of the molecule is CC1=C(n2cnc3cc(F)c(Nc4cccnn4)cc32)C(C#N)(c2ncccc2[C@H]2C[C@@H](F)CO2)N=N1. The van der Waals surface area contributed by atoms with Crippen LogP contribution in [0.3, 0.4) is 0 Å². The van der Waals surface area contributed by atoms with Crippen LogP contribution in [0.25, 0.3) is 16.7 Å². The van der Waals surface area contributed by atoms with Gasteiger partial charge in [-0.2, -0.15) is 20.6 Å². The highest BCUT2D eigenvalue weighted by Gasteiger charge is 2.48. The topological polar surface area (TPSA) is 126 Å². The molecule has 1 fully saturated rings. The highest BCUT2D eigenvalue weighted by atomic mass is 19.1. The van der Waals surface area contributed by atoms with Gasteiger partial charge in [0.1, 0.15) is 24.4 Å². The van der Waals surface area contributed by atoms with Crippen molar-refractivity contribution in [2.24, 2.45) is 10.2 Å². The second-order valence-electron chi connectivity index (χ2n) is 8.72. The summed E-state index contributed by atoms with van der Waals surface area (Å²) in [6, 6.07) is 11.9. The second-order valence-corrected chi connectivity index (χ2v) is 8.72. The maximum atomic E-state index is 14.9. The summed E-state index contributed by atoms with van der Waals surface area (Å²) in [5.74, 6) is -0.173. The van der Waals surface area contributed by atoms with E-state index in [1.807, 2.05) is 0 Å². The van der Waals surface area contributed by atoms with Crippen LogP contribution >= 0.6 is 0 Å². The number of fused-ring (bicyclic) bond motifs is 1. The number of nitrogens with one attached hydrogen (secondary N) is 1. The van der Waals surface area contributed by atoms with E-state index in [-0.39, 0.29) is 18.7 Å². The summed E-state index contributed by atoms with van der Waals surface area (Å²) in [6.07, 6.45) is 3.03. The molecule has 2 aliphatic heterocycles. The van der Waals surface area contributed by atoms with Crippen LogP contribution < -0.4 is 5.32 Å². The summed E-state index contributed by atoms with van der Waals surface area (Å²) in [4.78, 5) is 8.86. The molecule has 4 aromatic rings. The average Bonchev–Trinajstić information content (AvgIpc) is 3.62. The largest absolute Gasteiger partial charge is 0.370 e. The van der Waals surface area contributed by atoms with Gasteiger partial charge in [-0.15, -0.1) is 5.10 Å². The average molecular weight is 499 g/mol. The van der Waals surface area contributed by atoms with Crippen molar-refractivity contribution in [2.75, 3.05) is 11.9 Å². The normalized spacial score (nSPS) is 23.1. The van der Waals surface area contributed by atoms with E-state index in [2.05, 4.69) is 41.8 Å². The second kappa shape index (κ2) is 8.79. The zero-order valence-electron chi connectivity index (χ0n) is 19.5. The predicted octanol–water partition coefficient (Wildman–Crippen LogP) is 4.98. The summed E-state index contributed by atoms with van der Waals surface area (Å²) >= 11 is 0. The van der Waals surface area contributed by atoms with Crippen LogP contribution in [0.1, 0.15) is 30.7 Å². The summed E-state index contributed by atoms with van der Waals surface area (Å²) in [5.41, 5.74) is 1.08. The number of allylic oxidation sites excluding steroid dienone is 1. The number of rotatable bonds is 5. The summed E-state index contributed by atoms with van der Waals surface area (Å²) in [7, 11) is 0. The van der Waals surface area contributed by atoms with Crippen LogP contribution in [0.15, 0.2) is 71.0 Å². The van der Waals surface area contributed by atoms with E-state index in [0.29, 0.717) is 39.5 Å². The van der Waals surface area contributed by atoms with Crippen molar-refractivity contribution >= 4 is 28.2 Å². The van der Waals surface area contributed by atoms with E-state index in [1.165, 1.54) is 18.6 Å². The van der Waals surface area contributed by atoms with Crippen molar-refractivity contribution in [1.29, 1.82) is 5.26 Å². The number of nitrogens with zero attached hydrogens (tertiary/aromatic N) is 8. The van der Waals surface area contributed by atoms with Crippen molar-refractivity contribution in [2.45, 2.75) is 31.2 Å². The molecule has 184 valence electrons. The number of hydrogen-bond donors (Lipinski definition) is 1. The van der Waals surface area contributed by atoms with Crippen LogP contribution in [-0.2, 0) is 10.3 Å². The maximum Gasteiger partial charge on any atom is 0.251 e. The van der Waals surface area contributed by atoms with Gasteiger partial charge < -0.3 is 10.1 Å². The van der Waals surface area contributed by atoms with Gasteiger partial charge in [0.05, 0.1) is 46.5 Å². The summed E-state index contributed by atoms with van der Waals surface area (Å²) < 4.78 is 36.2. The molecule has 3 aromatic heterocycles. The van der Waals surface area contributed by atoms with E-state index in [9.17, 15) is 14.0 Å². The quantitative estimate of drug-likeness (QED) is 0.410. The predicted molar refractivity (Wildman–Crippen MR) is 128 cm³/mol. The molecule has 3 atom stereocenters. The Labute approximate surface area is 209 Å². The molecular formula is C25H19F2N9O. The molecule has 1 aromatic carbocycles. The van der Waals surface area contributed by atoms with Crippen molar-refractivity contribution in [1.82, 2.24) is 24.7 Å². The minimum atomic E-state index is -1.65. The molecular weight excluding hydrogens is 480 g/mol. The number of hydrogen-bond acceptors (Lipinski definition) is 9. The molecule has 0 saturated carbocycles. The Morgan fingerprint density at radius 1 is 1.22 bits per heavy atom. The number of benzene rings is 1. The molecule has 2 aliphatic rings. The monoisotopic (exact) mass is 499 g/mol. The molecule has 0 spiro atoms. The molecule has 0 amide bonds. The Morgan fingerprint density at radius 2 is 2.08 bits per heavy atom. The van der Waals surface area contributed by atoms with Crippen molar-refractivity contribution in [3.05, 3.63) is 77.9 Å². The first-order valence-electron chi connectivity index (χ1n) is 11.5. The van der Waals surface area contributed by atoms with Gasteiger partial charge in [0.15, 0.2) is 5.82 Å². The number of anilines is 2. The number of halogens is 2. The van der Waals surface area contributed by atoms with Gasteiger partial charge in [0.2, 0.25) is 0 Å². The third-order valence-corrected chi connectivity index (χ3v) is 6.39. The number of azo groups is 1. The van der Waals surface area contributed by atoms with E-state index in [4.69, 9.17) is 4.74 Å². The Kier molecular flexibility index (Phi) is 5.42. The molecule has 1 unspecified atom stereocenters. The lowest BCUT2D eigenvalue weighted by molar-refractivity contribution is 0.102. The van der Waals surface area contributed by atoms with Crippen LogP contribution in [0.5, 0.6) is 0 Å². The molecule has 0 aliphatic carbocycles. The van der Waals surface area contributed by atoms with E-state index >= 15 is 0 Å². The fourth-order valence-electron chi connectivity index (χ4n) is 4.74. The standard InChI is InChI=1S/C25H19F2N9O/c1-14-24(25(12-28,35-33-14)23-16(4-2-6-29-23)21-8-15(26)11-37-21)36-13-30-19-9-17(27)18(10-20(19)36)32-22-5-3-7-31-34-22/h2-7,9-10,13,15,21H,8,11H2,1H3,(H,32,34)/t15-,21-,25?/m1/s1. The molecule has 37 heavy (non-hydrogen) atoms. The lowest BCUT2D eigenvalue weighted by Crippen LogP contribution is -2.28. The van der Waals surface area contributed by atoms with Crippen LogP contribution in [-0.4, -0.2) is 37.5 Å². The molecule has 10 nitrogen and oxygen atoms in total. The number of pyridine rings is 1. The first kappa shape index (κ1) is 22.8. The fourth-order valence-corrected chi connectivity index (χ4v) is 4.74. The van der Waals surface area contributed by atoms with Crippen LogP contribution in [0.2, 0.25) is 0 Å². The number of alkyl halides is 1. The third kappa shape index (κ3) is 3.71. The number of aromatic nitrogens is 5. The lowest BCUT2D eigenvalue weighted by atomic mass is 9.87. The third-order valence-electron chi connectivity index (χ3n) is 6.39. The molecule has 1 saturated heterocycles. The Morgan fingerprint density at radius 3 is 2.84 bits per heavy atom. The van der Waals surface area contributed by atoms with Gasteiger partial charge in [-0.3, -0.25) is 9.55 Å². The van der Waals surface area contributed by atoms with Crippen molar-refractivity contribution in [3.63, 3.8) is 0 Å². The van der Waals surface area contributed by atoms with Gasteiger partial charge in [-0.1, -0.05) is 6.07 Å². The van der Waals surface area contributed by atoms with Gasteiger partial charge in [-0.05, 0) is 31.2 Å². The van der Waals surface area contributed by atoms with Gasteiger partial charge in [0.25, 0.3) is 5.54 Å². The van der Waals surface area contributed by atoms with Gasteiger partial charge in [0, 0.05) is 30.4 Å². The van der Waals surface area contributed by atoms with Crippen molar-refractivity contribution in [3.8, 4) is 6.07 Å². The lowest BCUT2D eigenvalue weighted by Gasteiger charge is -2.25. The zero-order valence-corrected chi connectivity index (χ0v) is 19.5. The molecule has 0 bridgehead atoms. The molecule has 5 heterocycles. The van der Waals surface area contributed by atoms with Gasteiger partial charge >= 0.3 is 0 Å². The smallest absolute Gasteiger partial charge is 0.251 e. The van der Waals surface area contributed by atoms with E-state index in [1.54, 1.807) is 48.0 Å². The summed E-state index contributed by atoms with van der Waals surface area (Å²) in [6.45, 7) is 1.69. The van der Waals surface area contributed by atoms with Gasteiger partial charge in [-0.25, -0.2) is 13.8 Å². The number of imidazole rings is 1. The number of ether oxygens (including phenoxy) is 1. The van der Waals surface area contributed by atoms with E-state index < -0.39 is 23.6 Å². The Balaban J connectivity index is 1.49. The Bertz CT molecular complexity index is 1610. The maximum absolute atomic E-state index is 14.9. The molecule has 0 radical (unpaired) electrons. The minimum Gasteiger partial charge on any atom is -0.370 e. The van der Waals surface area contributed by atoms with Crippen molar-refractivity contribution < 1.29 is 13.5 Å². The summed E-state index contributed by atoms with van der Waals surface area (Å²) in [5, 5.41) is 29.8. The molecule has 12 heteroatoms. The minimum absolute atomic E-state index is 0.0267. The molecule has 6 rings (SSSR count).